The lowest BCUT2D eigenvalue weighted by Gasteiger charge is -2.04. The number of nitrogens with one attached hydrogen (secondary N) is 1. The predicted molar refractivity (Wildman–Crippen MR) is 65.4 cm³/mol. The number of hydrogen-bond donors (Lipinski definition) is 1. The van der Waals surface area contributed by atoms with E-state index in [1.165, 1.54) is 6.20 Å². The molecule has 0 fully saturated rings. The molecule has 1 aromatic heterocycles. The lowest BCUT2D eigenvalue weighted by atomic mass is 10.3. The summed E-state index contributed by atoms with van der Waals surface area (Å²) in [5.74, 6) is -3.18. The average Bonchev–Trinajstić information content (AvgIpc) is 2.83. The molecule has 0 aliphatic rings. The Bertz CT molecular complexity index is 566. The second-order valence-electron chi connectivity index (χ2n) is 4.15. The molecule has 1 aromatic carbocycles. The third-order valence-electron chi connectivity index (χ3n) is 2.60. The molecule has 0 unspecified atom stereocenters. The highest BCUT2D eigenvalue weighted by molar-refractivity contribution is 5.34. The third kappa shape index (κ3) is 3.14. The molecule has 0 amide bonds. The van der Waals surface area contributed by atoms with Gasteiger partial charge in [0.2, 0.25) is 0 Å². The molecule has 102 valence electrons. The van der Waals surface area contributed by atoms with Gasteiger partial charge in [-0.05, 0) is 19.0 Å². The minimum Gasteiger partial charge on any atom is -0.311 e. The molecule has 6 heteroatoms. The molecule has 1 heterocycles. The van der Waals surface area contributed by atoms with Crippen molar-refractivity contribution < 1.29 is 13.2 Å². The van der Waals surface area contributed by atoms with Crippen LogP contribution in [-0.2, 0) is 6.54 Å². The van der Waals surface area contributed by atoms with Gasteiger partial charge in [0.15, 0.2) is 11.6 Å². The Labute approximate surface area is 109 Å². The number of halogens is 3. The molecule has 1 N–H and O–H groups in total. The molecule has 0 bridgehead atoms. The Hall–Kier alpha value is -1.82. The zero-order valence-electron chi connectivity index (χ0n) is 10.5. The molecule has 0 aliphatic carbocycles. The molecule has 2 rings (SSSR count). The van der Waals surface area contributed by atoms with Crippen LogP contribution in [0.1, 0.15) is 19.0 Å². The molecule has 3 nitrogen and oxygen atoms in total. The standard InChI is InChI=1S/C13H14F3N3/c1-2-4-17-8-10-3-5-19(18-10)12-7-9(14)6-11(15)13(12)16/h3,5-7,17H,2,4,8H2,1H3. The van der Waals surface area contributed by atoms with Gasteiger partial charge in [0.25, 0.3) is 0 Å². The summed E-state index contributed by atoms with van der Waals surface area (Å²) in [5.41, 5.74) is 0.441. The molecule has 0 radical (unpaired) electrons. The fourth-order valence-electron chi connectivity index (χ4n) is 1.69. The number of rotatable bonds is 5. The van der Waals surface area contributed by atoms with Gasteiger partial charge < -0.3 is 5.32 Å². The first-order chi connectivity index (χ1) is 9.11. The van der Waals surface area contributed by atoms with Crippen molar-refractivity contribution in [1.82, 2.24) is 15.1 Å². The van der Waals surface area contributed by atoms with E-state index in [1.54, 1.807) is 6.07 Å². The maximum Gasteiger partial charge on any atom is 0.184 e. The molecule has 19 heavy (non-hydrogen) atoms. The van der Waals surface area contributed by atoms with E-state index in [9.17, 15) is 13.2 Å². The van der Waals surface area contributed by atoms with Crippen molar-refractivity contribution in [3.05, 3.63) is 47.5 Å². The molecule has 0 atom stereocenters. The van der Waals surface area contributed by atoms with E-state index < -0.39 is 17.5 Å². The fraction of sp³-hybridized carbons (Fsp3) is 0.308. The van der Waals surface area contributed by atoms with Gasteiger partial charge >= 0.3 is 0 Å². The van der Waals surface area contributed by atoms with Crippen LogP contribution in [0.4, 0.5) is 13.2 Å². The van der Waals surface area contributed by atoms with E-state index in [2.05, 4.69) is 10.4 Å². The SMILES string of the molecule is CCCNCc1ccn(-c2cc(F)cc(F)c2F)n1. The van der Waals surface area contributed by atoms with E-state index in [0.717, 1.165) is 23.7 Å². The second-order valence-corrected chi connectivity index (χ2v) is 4.15. The number of nitrogens with zero attached hydrogens (tertiary/aromatic N) is 2. The Balaban J connectivity index is 2.23. The van der Waals surface area contributed by atoms with E-state index >= 15 is 0 Å². The van der Waals surface area contributed by atoms with Gasteiger partial charge in [0.05, 0.1) is 5.69 Å². The first-order valence-electron chi connectivity index (χ1n) is 6.02. The van der Waals surface area contributed by atoms with Crippen LogP contribution in [0.5, 0.6) is 0 Å². The Morgan fingerprint density at radius 2 is 2.05 bits per heavy atom. The normalized spacial score (nSPS) is 10.9. The summed E-state index contributed by atoms with van der Waals surface area (Å²) in [6.45, 7) is 3.41. The quantitative estimate of drug-likeness (QED) is 0.668. The van der Waals surface area contributed by atoms with Gasteiger partial charge in [-0.15, -0.1) is 0 Å². The third-order valence-corrected chi connectivity index (χ3v) is 2.60. The van der Waals surface area contributed by atoms with Crippen LogP contribution in [0.25, 0.3) is 5.69 Å². The molecular formula is C13H14F3N3. The van der Waals surface area contributed by atoms with Crippen molar-refractivity contribution in [3.63, 3.8) is 0 Å². The van der Waals surface area contributed by atoms with E-state index in [1.807, 2.05) is 6.92 Å². The lowest BCUT2D eigenvalue weighted by Crippen LogP contribution is -2.14. The van der Waals surface area contributed by atoms with Crippen molar-refractivity contribution in [3.8, 4) is 5.69 Å². The minimum absolute atomic E-state index is 0.237. The molecule has 0 saturated carbocycles. The molecule has 0 saturated heterocycles. The highest BCUT2D eigenvalue weighted by Gasteiger charge is 2.13. The summed E-state index contributed by atoms with van der Waals surface area (Å²) < 4.78 is 40.9. The van der Waals surface area contributed by atoms with Crippen LogP contribution in [0.2, 0.25) is 0 Å². The van der Waals surface area contributed by atoms with E-state index in [0.29, 0.717) is 18.3 Å². The molecular weight excluding hydrogens is 255 g/mol. The van der Waals surface area contributed by atoms with Gasteiger partial charge in [-0.25, -0.2) is 17.9 Å². The zero-order chi connectivity index (χ0) is 13.8. The first-order valence-corrected chi connectivity index (χ1v) is 6.02. The van der Waals surface area contributed by atoms with Crippen LogP contribution in [0, 0.1) is 17.5 Å². The molecule has 0 spiro atoms. The summed E-state index contributed by atoms with van der Waals surface area (Å²) in [6, 6.07) is 3.09. The maximum absolute atomic E-state index is 13.6. The highest BCUT2D eigenvalue weighted by Crippen LogP contribution is 2.18. The predicted octanol–water partition coefficient (Wildman–Crippen LogP) is 2.79. The Kier molecular flexibility index (Phi) is 4.21. The Morgan fingerprint density at radius 3 is 2.79 bits per heavy atom. The van der Waals surface area contributed by atoms with Crippen LogP contribution in [-0.4, -0.2) is 16.3 Å². The summed E-state index contributed by atoms with van der Waals surface area (Å²) >= 11 is 0. The monoisotopic (exact) mass is 269 g/mol. The highest BCUT2D eigenvalue weighted by atomic mass is 19.2. The largest absolute Gasteiger partial charge is 0.311 e. The molecule has 0 aliphatic heterocycles. The zero-order valence-corrected chi connectivity index (χ0v) is 10.5. The van der Waals surface area contributed by atoms with Crippen LogP contribution >= 0.6 is 0 Å². The van der Waals surface area contributed by atoms with Crippen molar-refractivity contribution >= 4 is 0 Å². The van der Waals surface area contributed by atoms with Gasteiger partial charge in [0, 0.05) is 24.9 Å². The van der Waals surface area contributed by atoms with Crippen LogP contribution in [0.3, 0.4) is 0 Å². The van der Waals surface area contributed by atoms with Gasteiger partial charge in [-0.1, -0.05) is 6.92 Å². The van der Waals surface area contributed by atoms with E-state index in [-0.39, 0.29) is 5.69 Å². The average molecular weight is 269 g/mol. The summed E-state index contributed by atoms with van der Waals surface area (Å²) in [7, 11) is 0. The van der Waals surface area contributed by atoms with Crippen LogP contribution < -0.4 is 5.32 Å². The second kappa shape index (κ2) is 5.88. The van der Waals surface area contributed by atoms with Gasteiger partial charge in [-0.2, -0.15) is 5.10 Å². The number of aromatic nitrogens is 2. The summed E-state index contributed by atoms with van der Waals surface area (Å²) in [5, 5.41) is 7.21. The molecule has 2 aromatic rings. The van der Waals surface area contributed by atoms with Crippen molar-refractivity contribution in [2.45, 2.75) is 19.9 Å². The number of hydrogen-bond acceptors (Lipinski definition) is 2. The maximum atomic E-state index is 13.6. The van der Waals surface area contributed by atoms with E-state index in [4.69, 9.17) is 0 Å². The van der Waals surface area contributed by atoms with Crippen LogP contribution in [0.15, 0.2) is 24.4 Å². The smallest absolute Gasteiger partial charge is 0.184 e. The van der Waals surface area contributed by atoms with Gasteiger partial charge in [0.1, 0.15) is 11.5 Å². The van der Waals surface area contributed by atoms with Crippen molar-refractivity contribution in [2.24, 2.45) is 0 Å². The summed E-state index contributed by atoms with van der Waals surface area (Å²) in [6.07, 6.45) is 2.46. The lowest BCUT2D eigenvalue weighted by molar-refractivity contribution is 0.487. The Morgan fingerprint density at radius 1 is 1.26 bits per heavy atom. The van der Waals surface area contributed by atoms with Crippen molar-refractivity contribution in [1.29, 1.82) is 0 Å². The fourth-order valence-corrected chi connectivity index (χ4v) is 1.69. The van der Waals surface area contributed by atoms with Gasteiger partial charge in [-0.3, -0.25) is 0 Å². The minimum atomic E-state index is -1.23. The number of benzene rings is 1. The van der Waals surface area contributed by atoms with Crippen molar-refractivity contribution in [2.75, 3.05) is 6.54 Å². The first kappa shape index (κ1) is 13.6. The topological polar surface area (TPSA) is 29.9 Å². The summed E-state index contributed by atoms with van der Waals surface area (Å²) in [4.78, 5) is 0.